The maximum atomic E-state index is 13.6. The number of halogens is 1. The topological polar surface area (TPSA) is 46.9 Å². The minimum absolute atomic E-state index is 0.0310. The fourth-order valence-corrected chi connectivity index (χ4v) is 3.33. The molecule has 0 radical (unpaired) electrons. The lowest BCUT2D eigenvalue weighted by Gasteiger charge is -2.23. The molecule has 1 atom stereocenters. The first-order valence-electron chi connectivity index (χ1n) is 8.17. The van der Waals surface area contributed by atoms with Gasteiger partial charge in [-0.3, -0.25) is 4.79 Å². The number of carbonyl (C=O) groups excluding carboxylic acids is 1. The van der Waals surface area contributed by atoms with Crippen LogP contribution >= 0.6 is 0 Å². The Bertz CT molecular complexity index is 903. The fraction of sp³-hybridized carbons (Fsp3) is 0.263. The molecule has 2 aromatic carbocycles. The molecule has 1 aromatic heterocycles. The minimum atomic E-state index is -0.289. The number of nitrogens with zero attached hydrogens (tertiary/aromatic N) is 2. The number of imidazole rings is 1. The van der Waals surface area contributed by atoms with Crippen molar-refractivity contribution in [3.05, 3.63) is 65.7 Å². The second-order valence-electron chi connectivity index (χ2n) is 6.17. The van der Waals surface area contributed by atoms with E-state index in [-0.39, 0.29) is 24.2 Å². The van der Waals surface area contributed by atoms with Gasteiger partial charge in [0.1, 0.15) is 11.6 Å². The number of nitrogens with one attached hydrogen (secondary N) is 1. The van der Waals surface area contributed by atoms with Gasteiger partial charge in [0.2, 0.25) is 5.91 Å². The molecule has 1 unspecified atom stereocenters. The number of fused-ring (bicyclic) bond motifs is 3. The number of aromatic nitrogens is 2. The van der Waals surface area contributed by atoms with Crippen LogP contribution in [0.15, 0.2) is 48.5 Å². The Morgan fingerprint density at radius 1 is 1.21 bits per heavy atom. The van der Waals surface area contributed by atoms with Crippen molar-refractivity contribution in [1.82, 2.24) is 14.9 Å². The van der Waals surface area contributed by atoms with Crippen molar-refractivity contribution in [2.45, 2.75) is 25.9 Å². The van der Waals surface area contributed by atoms with Crippen LogP contribution < -0.4 is 5.32 Å². The van der Waals surface area contributed by atoms with Gasteiger partial charge in [0.05, 0.1) is 11.0 Å². The molecule has 0 aliphatic carbocycles. The normalized spacial score (nSPS) is 16.8. The van der Waals surface area contributed by atoms with Crippen molar-refractivity contribution < 1.29 is 9.18 Å². The summed E-state index contributed by atoms with van der Waals surface area (Å²) in [5.74, 6) is 0.523. The molecule has 1 amide bonds. The predicted octanol–water partition coefficient (Wildman–Crippen LogP) is 3.05. The SMILES string of the molecule is O=C(NCc1ccccc1F)C1CCn2c(nc3ccccc32)C1. The van der Waals surface area contributed by atoms with Crippen LogP contribution in [-0.4, -0.2) is 15.5 Å². The zero-order valence-corrected chi connectivity index (χ0v) is 13.2. The summed E-state index contributed by atoms with van der Waals surface area (Å²) in [4.78, 5) is 17.1. The first kappa shape index (κ1) is 14.9. The summed E-state index contributed by atoms with van der Waals surface area (Å²) in [6, 6.07) is 14.5. The van der Waals surface area contributed by atoms with E-state index in [2.05, 4.69) is 20.9 Å². The van der Waals surface area contributed by atoms with Gasteiger partial charge in [-0.2, -0.15) is 0 Å². The molecular weight excluding hydrogens is 305 g/mol. The summed E-state index contributed by atoms with van der Waals surface area (Å²) in [6.45, 7) is 1.01. The highest BCUT2D eigenvalue weighted by molar-refractivity contribution is 5.80. The maximum Gasteiger partial charge on any atom is 0.223 e. The zero-order valence-electron chi connectivity index (χ0n) is 13.2. The van der Waals surface area contributed by atoms with Gasteiger partial charge in [-0.05, 0) is 24.6 Å². The molecule has 0 bridgehead atoms. The second kappa shape index (κ2) is 6.07. The summed E-state index contributed by atoms with van der Waals surface area (Å²) in [7, 11) is 0. The fourth-order valence-electron chi connectivity index (χ4n) is 3.33. The molecule has 0 fully saturated rings. The van der Waals surface area contributed by atoms with Crippen LogP contribution in [0.25, 0.3) is 11.0 Å². The molecule has 3 aromatic rings. The first-order valence-corrected chi connectivity index (χ1v) is 8.17. The quantitative estimate of drug-likeness (QED) is 0.805. The lowest BCUT2D eigenvalue weighted by atomic mass is 9.96. The Hall–Kier alpha value is -2.69. The van der Waals surface area contributed by atoms with E-state index in [1.54, 1.807) is 18.2 Å². The van der Waals surface area contributed by atoms with E-state index in [4.69, 9.17) is 0 Å². The standard InChI is InChI=1S/C19H18FN3O/c20-15-6-2-1-5-14(15)12-21-19(24)13-9-10-23-17-8-4-3-7-16(17)22-18(23)11-13/h1-8,13H,9-12H2,(H,21,24). The summed E-state index contributed by atoms with van der Waals surface area (Å²) in [5.41, 5.74) is 2.60. The molecule has 1 aliphatic rings. The van der Waals surface area contributed by atoms with Crippen LogP contribution in [0.2, 0.25) is 0 Å². The van der Waals surface area contributed by atoms with E-state index < -0.39 is 0 Å². The Kier molecular flexibility index (Phi) is 3.76. The molecule has 1 aliphatic heterocycles. The number of rotatable bonds is 3. The van der Waals surface area contributed by atoms with Gasteiger partial charge in [-0.15, -0.1) is 0 Å². The number of amides is 1. The number of aryl methyl sites for hydroxylation is 1. The Morgan fingerprint density at radius 3 is 2.88 bits per heavy atom. The van der Waals surface area contributed by atoms with Gasteiger partial charge in [0.15, 0.2) is 0 Å². The molecule has 1 N–H and O–H groups in total. The van der Waals surface area contributed by atoms with Crippen molar-refractivity contribution in [1.29, 1.82) is 0 Å². The van der Waals surface area contributed by atoms with E-state index in [1.807, 2.05) is 18.2 Å². The summed E-state index contributed by atoms with van der Waals surface area (Å²) < 4.78 is 15.8. The van der Waals surface area contributed by atoms with Crippen molar-refractivity contribution >= 4 is 16.9 Å². The average Bonchev–Trinajstić information content (AvgIpc) is 2.98. The average molecular weight is 323 g/mol. The van der Waals surface area contributed by atoms with Crippen LogP contribution in [-0.2, 0) is 24.3 Å². The number of para-hydroxylation sites is 2. The van der Waals surface area contributed by atoms with Crippen molar-refractivity contribution in [2.24, 2.45) is 5.92 Å². The van der Waals surface area contributed by atoms with Crippen molar-refractivity contribution in [3.8, 4) is 0 Å². The molecule has 2 heterocycles. The van der Waals surface area contributed by atoms with Crippen molar-refractivity contribution in [3.63, 3.8) is 0 Å². The lowest BCUT2D eigenvalue weighted by molar-refractivity contribution is -0.125. The molecule has 5 heteroatoms. The minimum Gasteiger partial charge on any atom is -0.352 e. The molecule has 24 heavy (non-hydrogen) atoms. The molecule has 4 rings (SSSR count). The summed E-state index contributed by atoms with van der Waals surface area (Å²) >= 11 is 0. The van der Waals surface area contributed by atoms with Gasteiger partial charge in [0.25, 0.3) is 0 Å². The highest BCUT2D eigenvalue weighted by Gasteiger charge is 2.26. The summed E-state index contributed by atoms with van der Waals surface area (Å²) in [6.07, 6.45) is 1.40. The first-order chi connectivity index (χ1) is 11.7. The Morgan fingerprint density at radius 2 is 2.00 bits per heavy atom. The Balaban J connectivity index is 1.46. The van der Waals surface area contributed by atoms with Crippen LogP contribution in [0.3, 0.4) is 0 Å². The number of benzene rings is 2. The van der Waals surface area contributed by atoms with E-state index in [0.717, 1.165) is 29.8 Å². The van der Waals surface area contributed by atoms with Gasteiger partial charge >= 0.3 is 0 Å². The van der Waals surface area contributed by atoms with E-state index in [1.165, 1.54) is 6.07 Å². The van der Waals surface area contributed by atoms with Crippen LogP contribution in [0.5, 0.6) is 0 Å². The third-order valence-corrected chi connectivity index (χ3v) is 4.65. The monoisotopic (exact) mass is 323 g/mol. The lowest BCUT2D eigenvalue weighted by Crippen LogP contribution is -2.35. The number of hydrogen-bond acceptors (Lipinski definition) is 2. The van der Waals surface area contributed by atoms with E-state index >= 15 is 0 Å². The van der Waals surface area contributed by atoms with E-state index in [9.17, 15) is 9.18 Å². The van der Waals surface area contributed by atoms with Crippen LogP contribution in [0.1, 0.15) is 17.8 Å². The van der Waals surface area contributed by atoms with Gasteiger partial charge in [-0.1, -0.05) is 30.3 Å². The third-order valence-electron chi connectivity index (χ3n) is 4.65. The molecule has 0 saturated heterocycles. The maximum absolute atomic E-state index is 13.6. The largest absolute Gasteiger partial charge is 0.352 e. The highest BCUT2D eigenvalue weighted by Crippen LogP contribution is 2.25. The van der Waals surface area contributed by atoms with Gasteiger partial charge < -0.3 is 9.88 Å². The van der Waals surface area contributed by atoms with Gasteiger partial charge in [-0.25, -0.2) is 9.37 Å². The summed E-state index contributed by atoms with van der Waals surface area (Å²) in [5, 5.41) is 2.86. The second-order valence-corrected chi connectivity index (χ2v) is 6.17. The van der Waals surface area contributed by atoms with Crippen LogP contribution in [0.4, 0.5) is 4.39 Å². The molecule has 122 valence electrons. The van der Waals surface area contributed by atoms with E-state index in [0.29, 0.717) is 12.0 Å². The van der Waals surface area contributed by atoms with Crippen LogP contribution in [0, 0.1) is 11.7 Å². The van der Waals surface area contributed by atoms with Gasteiger partial charge in [0, 0.05) is 31.0 Å². The molecule has 0 saturated carbocycles. The predicted molar refractivity (Wildman–Crippen MR) is 89.8 cm³/mol. The number of carbonyl (C=O) groups is 1. The third kappa shape index (κ3) is 2.66. The smallest absolute Gasteiger partial charge is 0.223 e. The molecule has 0 spiro atoms. The van der Waals surface area contributed by atoms with Crippen molar-refractivity contribution in [2.75, 3.05) is 0 Å². The highest BCUT2D eigenvalue weighted by atomic mass is 19.1. The number of hydrogen-bond donors (Lipinski definition) is 1. The zero-order chi connectivity index (χ0) is 16.5. The molecule has 4 nitrogen and oxygen atoms in total. The Labute approximate surface area is 139 Å². The molecular formula is C19H18FN3O.